The number of amides is 1. The average molecular weight is 332 g/mol. The number of rotatable bonds is 3. The number of aliphatic imine (C=N–C) groups is 1. The number of aryl methyl sites for hydroxylation is 1. The van der Waals surface area contributed by atoms with Gasteiger partial charge < -0.3 is 15.1 Å². The standard InChI is InChI=1S/C17H28N6O/c1-18-17(19-11-16(24)22-7-4-3-5-8-22)23-9-6-14(13-23)15-10-20-21(2)12-15/h10,12,14H,3-9,11,13H2,1-2H3,(H,18,19). The van der Waals surface area contributed by atoms with Crippen LogP contribution in [0.2, 0.25) is 0 Å². The Hall–Kier alpha value is -2.05. The van der Waals surface area contributed by atoms with E-state index in [1.165, 1.54) is 12.0 Å². The lowest BCUT2D eigenvalue weighted by atomic mass is 10.0. The van der Waals surface area contributed by atoms with Gasteiger partial charge in [0.15, 0.2) is 5.96 Å². The molecule has 0 spiro atoms. The van der Waals surface area contributed by atoms with Gasteiger partial charge in [0, 0.05) is 52.4 Å². The molecule has 0 saturated carbocycles. The Morgan fingerprint density at radius 3 is 2.75 bits per heavy atom. The number of carbonyl (C=O) groups excluding carboxylic acids is 1. The Labute approximate surface area is 143 Å². The van der Waals surface area contributed by atoms with Crippen molar-refractivity contribution in [3.63, 3.8) is 0 Å². The van der Waals surface area contributed by atoms with E-state index in [2.05, 4.69) is 26.5 Å². The molecule has 0 bridgehead atoms. The van der Waals surface area contributed by atoms with Gasteiger partial charge >= 0.3 is 0 Å². The van der Waals surface area contributed by atoms with Gasteiger partial charge in [-0.1, -0.05) is 0 Å². The highest BCUT2D eigenvalue weighted by atomic mass is 16.2. The van der Waals surface area contributed by atoms with Crippen molar-refractivity contribution >= 4 is 11.9 Å². The molecule has 2 fully saturated rings. The summed E-state index contributed by atoms with van der Waals surface area (Å²) in [6, 6.07) is 0. The second kappa shape index (κ2) is 7.68. The molecule has 7 heteroatoms. The maximum absolute atomic E-state index is 12.3. The average Bonchev–Trinajstić information content (AvgIpc) is 3.25. The van der Waals surface area contributed by atoms with E-state index in [1.807, 2.05) is 22.8 Å². The van der Waals surface area contributed by atoms with Crippen molar-refractivity contribution in [2.45, 2.75) is 31.6 Å². The summed E-state index contributed by atoms with van der Waals surface area (Å²) in [6.45, 7) is 4.00. The highest BCUT2D eigenvalue weighted by molar-refractivity contribution is 5.86. The van der Waals surface area contributed by atoms with Crippen LogP contribution in [0.25, 0.3) is 0 Å². The molecule has 0 radical (unpaired) electrons. The molecule has 1 unspecified atom stereocenters. The Bertz CT molecular complexity index is 590. The van der Waals surface area contributed by atoms with E-state index in [4.69, 9.17) is 0 Å². The minimum atomic E-state index is 0.179. The highest BCUT2D eigenvalue weighted by Crippen LogP contribution is 2.26. The summed E-state index contributed by atoms with van der Waals surface area (Å²) in [6.07, 6.45) is 8.61. The maximum Gasteiger partial charge on any atom is 0.241 e. The number of guanidine groups is 1. The second-order valence-corrected chi connectivity index (χ2v) is 6.72. The van der Waals surface area contributed by atoms with Crippen LogP contribution in [0.5, 0.6) is 0 Å². The fraction of sp³-hybridized carbons (Fsp3) is 0.706. The van der Waals surface area contributed by atoms with Crippen molar-refractivity contribution < 1.29 is 4.79 Å². The normalized spacial score (nSPS) is 22.1. The molecule has 3 rings (SSSR count). The minimum absolute atomic E-state index is 0.179. The van der Waals surface area contributed by atoms with Crippen LogP contribution in [0, 0.1) is 0 Å². The van der Waals surface area contributed by atoms with Gasteiger partial charge in [-0.3, -0.25) is 14.5 Å². The van der Waals surface area contributed by atoms with Crippen molar-refractivity contribution in [2.24, 2.45) is 12.0 Å². The summed E-state index contributed by atoms with van der Waals surface area (Å²) in [4.78, 5) is 20.9. The van der Waals surface area contributed by atoms with E-state index < -0.39 is 0 Å². The van der Waals surface area contributed by atoms with Gasteiger partial charge in [0.25, 0.3) is 0 Å². The molecular formula is C17H28N6O. The fourth-order valence-corrected chi connectivity index (χ4v) is 3.62. The monoisotopic (exact) mass is 332 g/mol. The van der Waals surface area contributed by atoms with Gasteiger partial charge in [-0.15, -0.1) is 0 Å². The summed E-state index contributed by atoms with van der Waals surface area (Å²) in [7, 11) is 3.73. The molecule has 132 valence electrons. The Morgan fingerprint density at radius 1 is 1.29 bits per heavy atom. The van der Waals surface area contributed by atoms with E-state index in [1.54, 1.807) is 7.05 Å². The summed E-state index contributed by atoms with van der Waals surface area (Å²) >= 11 is 0. The molecule has 1 aromatic heterocycles. The highest BCUT2D eigenvalue weighted by Gasteiger charge is 2.27. The van der Waals surface area contributed by atoms with Crippen LogP contribution >= 0.6 is 0 Å². The van der Waals surface area contributed by atoms with Crippen molar-refractivity contribution in [3.05, 3.63) is 18.0 Å². The molecule has 1 atom stereocenters. The van der Waals surface area contributed by atoms with Gasteiger partial charge in [0.2, 0.25) is 5.91 Å². The molecule has 1 N–H and O–H groups in total. The molecule has 24 heavy (non-hydrogen) atoms. The Balaban J connectivity index is 1.50. The molecule has 2 aliphatic rings. The quantitative estimate of drug-likeness (QED) is 0.657. The van der Waals surface area contributed by atoms with Crippen LogP contribution in [-0.4, -0.2) is 71.2 Å². The van der Waals surface area contributed by atoms with Crippen molar-refractivity contribution in [3.8, 4) is 0 Å². The van der Waals surface area contributed by atoms with Crippen LogP contribution in [0.3, 0.4) is 0 Å². The third-order valence-electron chi connectivity index (χ3n) is 5.00. The van der Waals surface area contributed by atoms with Crippen LogP contribution < -0.4 is 5.32 Å². The third-order valence-corrected chi connectivity index (χ3v) is 5.00. The second-order valence-electron chi connectivity index (χ2n) is 6.72. The van der Waals surface area contributed by atoms with Crippen LogP contribution in [0.1, 0.15) is 37.2 Å². The molecule has 7 nitrogen and oxygen atoms in total. The first-order valence-electron chi connectivity index (χ1n) is 8.89. The first-order valence-corrected chi connectivity index (χ1v) is 8.89. The van der Waals surface area contributed by atoms with Gasteiger partial charge in [-0.2, -0.15) is 5.10 Å². The third kappa shape index (κ3) is 3.88. The van der Waals surface area contributed by atoms with Crippen molar-refractivity contribution in [1.82, 2.24) is 24.9 Å². The summed E-state index contributed by atoms with van der Waals surface area (Å²) in [5.74, 6) is 1.49. The predicted molar refractivity (Wildman–Crippen MR) is 93.9 cm³/mol. The largest absolute Gasteiger partial charge is 0.347 e. The zero-order chi connectivity index (χ0) is 16.9. The zero-order valence-corrected chi connectivity index (χ0v) is 14.7. The lowest BCUT2D eigenvalue weighted by Crippen LogP contribution is -2.46. The van der Waals surface area contributed by atoms with Gasteiger partial charge in [0.1, 0.15) is 0 Å². The number of nitrogens with one attached hydrogen (secondary N) is 1. The molecule has 3 heterocycles. The Morgan fingerprint density at radius 2 is 2.08 bits per heavy atom. The lowest BCUT2D eigenvalue weighted by molar-refractivity contribution is -0.130. The number of piperidine rings is 1. The number of aromatic nitrogens is 2. The SMILES string of the molecule is CN=C(NCC(=O)N1CCCCC1)N1CCC(c2cnn(C)c2)C1. The Kier molecular flexibility index (Phi) is 5.37. The predicted octanol–water partition coefficient (Wildman–Crippen LogP) is 0.797. The van der Waals surface area contributed by atoms with Gasteiger partial charge in [-0.05, 0) is 31.2 Å². The molecule has 0 aromatic carbocycles. The molecular weight excluding hydrogens is 304 g/mol. The summed E-state index contributed by atoms with van der Waals surface area (Å²) < 4.78 is 1.85. The number of hydrogen-bond donors (Lipinski definition) is 1. The van der Waals surface area contributed by atoms with Gasteiger partial charge in [0.05, 0.1) is 12.7 Å². The smallest absolute Gasteiger partial charge is 0.241 e. The zero-order valence-electron chi connectivity index (χ0n) is 14.7. The molecule has 0 aliphatic carbocycles. The van der Waals surface area contributed by atoms with Gasteiger partial charge in [-0.25, -0.2) is 0 Å². The first-order chi connectivity index (χ1) is 11.7. The van der Waals surface area contributed by atoms with Crippen LogP contribution in [-0.2, 0) is 11.8 Å². The fourth-order valence-electron chi connectivity index (χ4n) is 3.62. The van der Waals surface area contributed by atoms with E-state index >= 15 is 0 Å². The van der Waals surface area contributed by atoms with Crippen LogP contribution in [0.4, 0.5) is 0 Å². The topological polar surface area (TPSA) is 65.8 Å². The van der Waals surface area contributed by atoms with E-state index in [0.29, 0.717) is 12.5 Å². The minimum Gasteiger partial charge on any atom is -0.347 e. The maximum atomic E-state index is 12.3. The summed E-state index contributed by atoms with van der Waals surface area (Å²) in [5, 5.41) is 7.51. The van der Waals surface area contributed by atoms with Crippen LogP contribution in [0.15, 0.2) is 17.4 Å². The molecule has 1 aromatic rings. The molecule has 2 aliphatic heterocycles. The van der Waals surface area contributed by atoms with E-state index in [0.717, 1.165) is 51.4 Å². The number of nitrogens with zero attached hydrogens (tertiary/aromatic N) is 5. The van der Waals surface area contributed by atoms with Crippen molar-refractivity contribution in [2.75, 3.05) is 39.8 Å². The van der Waals surface area contributed by atoms with E-state index in [-0.39, 0.29) is 5.91 Å². The van der Waals surface area contributed by atoms with Crippen molar-refractivity contribution in [1.29, 1.82) is 0 Å². The molecule has 1 amide bonds. The molecule has 2 saturated heterocycles. The summed E-state index contributed by atoms with van der Waals surface area (Å²) in [5.41, 5.74) is 1.28. The number of carbonyl (C=O) groups is 1. The first kappa shape index (κ1) is 16.8. The number of likely N-dealkylation sites (tertiary alicyclic amines) is 2. The van der Waals surface area contributed by atoms with E-state index in [9.17, 15) is 4.79 Å². The lowest BCUT2D eigenvalue weighted by Gasteiger charge is -2.28. The number of hydrogen-bond acceptors (Lipinski definition) is 3.